The second-order valence-corrected chi connectivity index (χ2v) is 6.33. The lowest BCUT2D eigenvalue weighted by Gasteiger charge is -2.39. The van der Waals surface area contributed by atoms with E-state index in [1.165, 1.54) is 0 Å². The molecule has 3 rings (SSSR count). The van der Waals surface area contributed by atoms with Crippen LogP contribution in [0.3, 0.4) is 0 Å². The van der Waals surface area contributed by atoms with Gasteiger partial charge in [0, 0.05) is 5.75 Å². The fraction of sp³-hybridized carbons (Fsp3) is 0.182. The molecule has 0 saturated heterocycles. The fourth-order valence-corrected chi connectivity index (χ4v) is 3.74. The second-order valence-electron chi connectivity index (χ2n) is 5.97. The normalized spacial score (nSPS) is 12.6. The highest BCUT2D eigenvalue weighted by atomic mass is 32.1. The Labute approximate surface area is 154 Å². The molecule has 0 saturated carbocycles. The minimum atomic E-state index is -0.698. The molecule has 0 aliphatic heterocycles. The molecule has 3 aromatic carbocycles. The Morgan fingerprint density at radius 2 is 1.24 bits per heavy atom. The third kappa shape index (κ3) is 3.17. The molecule has 3 aromatic rings. The van der Waals surface area contributed by atoms with E-state index in [1.54, 1.807) is 7.11 Å². The van der Waals surface area contributed by atoms with E-state index in [2.05, 4.69) is 36.9 Å². The van der Waals surface area contributed by atoms with Crippen LogP contribution in [0, 0.1) is 0 Å². The summed E-state index contributed by atoms with van der Waals surface area (Å²) < 4.78 is 5.30. The van der Waals surface area contributed by atoms with Crippen molar-refractivity contribution in [1.82, 2.24) is 0 Å². The van der Waals surface area contributed by atoms with Crippen LogP contribution >= 0.6 is 12.6 Å². The lowest BCUT2D eigenvalue weighted by molar-refractivity contribution is 0.145. The molecule has 3 heteroatoms. The van der Waals surface area contributed by atoms with Crippen LogP contribution in [0.25, 0.3) is 0 Å². The maximum absolute atomic E-state index is 11.1. The van der Waals surface area contributed by atoms with Crippen molar-refractivity contribution < 1.29 is 9.84 Å². The first-order valence-electron chi connectivity index (χ1n) is 8.28. The molecule has 1 atom stereocenters. The highest BCUT2D eigenvalue weighted by molar-refractivity contribution is 7.80. The van der Waals surface area contributed by atoms with E-state index >= 15 is 0 Å². The van der Waals surface area contributed by atoms with Crippen molar-refractivity contribution in [3.8, 4) is 5.75 Å². The zero-order chi connectivity index (χ0) is 17.7. The maximum Gasteiger partial charge on any atom is 0.118 e. The summed E-state index contributed by atoms with van der Waals surface area (Å²) in [7, 11) is 1.65. The molecule has 0 fully saturated rings. The molecular weight excluding hydrogens is 328 g/mol. The Morgan fingerprint density at radius 3 is 1.64 bits per heavy atom. The summed E-state index contributed by atoms with van der Waals surface area (Å²) >= 11 is 4.42. The van der Waals surface area contributed by atoms with Crippen LogP contribution in [-0.4, -0.2) is 24.1 Å². The number of benzene rings is 3. The predicted octanol–water partition coefficient (Wildman–Crippen LogP) is 4.32. The standard InChI is InChI=1S/C22H22O2S/c1-24-20-14-12-19(13-15-20)22(21(23)16-25,17-8-4-2-5-9-17)18-10-6-3-7-11-18/h2-15,21,23,25H,16H2,1H3/t21-/m1/s1. The van der Waals surface area contributed by atoms with Gasteiger partial charge in [0.2, 0.25) is 0 Å². The largest absolute Gasteiger partial charge is 0.497 e. The third-order valence-corrected chi connectivity index (χ3v) is 5.02. The van der Waals surface area contributed by atoms with Gasteiger partial charge in [-0.15, -0.1) is 0 Å². The van der Waals surface area contributed by atoms with Crippen molar-refractivity contribution in [3.63, 3.8) is 0 Å². The lowest BCUT2D eigenvalue weighted by Crippen LogP contribution is -2.43. The van der Waals surface area contributed by atoms with Gasteiger partial charge >= 0.3 is 0 Å². The van der Waals surface area contributed by atoms with Crippen molar-refractivity contribution in [2.24, 2.45) is 0 Å². The molecule has 2 nitrogen and oxygen atoms in total. The molecule has 0 radical (unpaired) electrons. The summed E-state index contributed by atoms with van der Waals surface area (Å²) in [6.07, 6.45) is -0.686. The Kier molecular flexibility index (Phi) is 5.47. The van der Waals surface area contributed by atoms with Crippen LogP contribution < -0.4 is 4.74 Å². The van der Waals surface area contributed by atoms with Gasteiger partial charge in [0.15, 0.2) is 0 Å². The smallest absolute Gasteiger partial charge is 0.118 e. The molecule has 0 aromatic heterocycles. The van der Waals surface area contributed by atoms with Gasteiger partial charge in [0.1, 0.15) is 5.75 Å². The van der Waals surface area contributed by atoms with Gasteiger partial charge in [0.25, 0.3) is 0 Å². The molecule has 0 aliphatic rings. The predicted molar refractivity (Wildman–Crippen MR) is 106 cm³/mol. The molecule has 0 aliphatic carbocycles. The van der Waals surface area contributed by atoms with E-state index in [1.807, 2.05) is 60.7 Å². The zero-order valence-electron chi connectivity index (χ0n) is 14.2. The fourth-order valence-electron chi connectivity index (χ4n) is 3.47. The van der Waals surface area contributed by atoms with E-state index < -0.39 is 11.5 Å². The maximum atomic E-state index is 11.1. The van der Waals surface area contributed by atoms with Crippen LogP contribution in [0.15, 0.2) is 84.9 Å². The lowest BCUT2D eigenvalue weighted by atomic mass is 9.66. The summed E-state index contributed by atoms with van der Waals surface area (Å²) in [4.78, 5) is 0. The third-order valence-electron chi connectivity index (χ3n) is 4.68. The van der Waals surface area contributed by atoms with Gasteiger partial charge in [-0.1, -0.05) is 72.8 Å². The minimum Gasteiger partial charge on any atom is -0.497 e. The van der Waals surface area contributed by atoms with Crippen molar-refractivity contribution in [3.05, 3.63) is 102 Å². The number of rotatable bonds is 6. The monoisotopic (exact) mass is 350 g/mol. The number of ether oxygens (including phenoxy) is 1. The molecule has 25 heavy (non-hydrogen) atoms. The van der Waals surface area contributed by atoms with Crippen LogP contribution in [0.5, 0.6) is 5.75 Å². The average molecular weight is 350 g/mol. The summed E-state index contributed by atoms with van der Waals surface area (Å²) in [5.41, 5.74) is 2.38. The highest BCUT2D eigenvalue weighted by Gasteiger charge is 2.42. The number of aliphatic hydroxyl groups is 1. The summed E-state index contributed by atoms with van der Waals surface area (Å²) in [6, 6.07) is 28.1. The molecule has 0 spiro atoms. The van der Waals surface area contributed by atoms with Gasteiger partial charge in [-0.05, 0) is 28.8 Å². The number of hydrogen-bond acceptors (Lipinski definition) is 3. The Hall–Kier alpha value is -2.23. The quantitative estimate of drug-likeness (QED) is 0.512. The first-order valence-corrected chi connectivity index (χ1v) is 8.91. The van der Waals surface area contributed by atoms with Gasteiger partial charge in [-0.2, -0.15) is 12.6 Å². The minimum absolute atomic E-state index is 0.343. The number of methoxy groups -OCH3 is 1. The topological polar surface area (TPSA) is 29.5 Å². The van der Waals surface area contributed by atoms with E-state index in [-0.39, 0.29) is 0 Å². The van der Waals surface area contributed by atoms with Crippen molar-refractivity contribution in [2.45, 2.75) is 11.5 Å². The van der Waals surface area contributed by atoms with E-state index in [9.17, 15) is 5.11 Å². The molecular formula is C22H22O2S. The van der Waals surface area contributed by atoms with E-state index in [4.69, 9.17) is 4.74 Å². The molecule has 1 N–H and O–H groups in total. The van der Waals surface area contributed by atoms with Gasteiger partial charge in [-0.3, -0.25) is 0 Å². The second kappa shape index (κ2) is 7.77. The van der Waals surface area contributed by atoms with E-state index in [0.717, 1.165) is 22.4 Å². The van der Waals surface area contributed by atoms with Crippen molar-refractivity contribution in [1.29, 1.82) is 0 Å². The number of hydrogen-bond donors (Lipinski definition) is 2. The first-order chi connectivity index (χ1) is 12.2. The Balaban J connectivity index is 2.32. The van der Waals surface area contributed by atoms with Crippen LogP contribution in [0.4, 0.5) is 0 Å². The summed E-state index contributed by atoms with van der Waals surface area (Å²) in [6.45, 7) is 0. The zero-order valence-corrected chi connectivity index (χ0v) is 15.1. The first kappa shape index (κ1) is 17.6. The molecule has 0 bridgehead atoms. The Bertz CT molecular complexity index is 746. The molecule has 0 amide bonds. The van der Waals surface area contributed by atoms with Crippen molar-refractivity contribution in [2.75, 3.05) is 12.9 Å². The van der Waals surface area contributed by atoms with Gasteiger partial charge in [-0.25, -0.2) is 0 Å². The molecule has 0 heterocycles. The van der Waals surface area contributed by atoms with Crippen LogP contribution in [-0.2, 0) is 5.41 Å². The SMILES string of the molecule is COc1ccc(C(c2ccccc2)(c2ccccc2)[C@H](O)CS)cc1. The van der Waals surface area contributed by atoms with E-state index in [0.29, 0.717) is 5.75 Å². The average Bonchev–Trinajstić information content (AvgIpc) is 2.70. The van der Waals surface area contributed by atoms with Crippen molar-refractivity contribution >= 4 is 12.6 Å². The van der Waals surface area contributed by atoms with Crippen LogP contribution in [0.1, 0.15) is 16.7 Å². The number of aliphatic hydroxyl groups excluding tert-OH is 1. The molecule has 0 unspecified atom stereocenters. The number of thiol groups is 1. The van der Waals surface area contributed by atoms with Gasteiger partial charge in [0.05, 0.1) is 18.6 Å². The molecule has 128 valence electrons. The summed E-state index contributed by atoms with van der Waals surface area (Å²) in [5.74, 6) is 1.13. The van der Waals surface area contributed by atoms with Crippen LogP contribution in [0.2, 0.25) is 0 Å². The highest BCUT2D eigenvalue weighted by Crippen LogP contribution is 2.43. The summed E-state index contributed by atoms with van der Waals surface area (Å²) in [5, 5.41) is 11.1. The van der Waals surface area contributed by atoms with Gasteiger partial charge < -0.3 is 9.84 Å². The Morgan fingerprint density at radius 1 is 0.800 bits per heavy atom.